The SMILES string of the molecule is CC1CC(O)CN1.O=CO. The van der Waals surface area contributed by atoms with Crippen molar-refractivity contribution in [1.29, 1.82) is 0 Å². The normalized spacial score (nSPS) is 30.6. The standard InChI is InChI=1S/C5H11NO.CH2O2/c1-4-2-5(7)3-6-4;2-1-3/h4-7H,2-3H2,1H3;1H,(H,2,3). The first kappa shape index (κ1) is 9.39. The summed E-state index contributed by atoms with van der Waals surface area (Å²) in [6, 6.07) is 0.523. The van der Waals surface area contributed by atoms with Gasteiger partial charge in [0.25, 0.3) is 6.47 Å². The van der Waals surface area contributed by atoms with E-state index in [9.17, 15) is 0 Å². The molecule has 2 unspecified atom stereocenters. The molecule has 1 saturated heterocycles. The van der Waals surface area contributed by atoms with E-state index in [4.69, 9.17) is 15.0 Å². The Morgan fingerprint density at radius 3 is 2.30 bits per heavy atom. The lowest BCUT2D eigenvalue weighted by Gasteiger charge is -1.95. The lowest BCUT2D eigenvalue weighted by atomic mass is 10.2. The van der Waals surface area contributed by atoms with Crippen LogP contribution in [0.5, 0.6) is 0 Å². The summed E-state index contributed by atoms with van der Waals surface area (Å²) in [6.07, 6.45) is 0.829. The van der Waals surface area contributed by atoms with E-state index in [1.807, 2.05) is 0 Å². The fourth-order valence-corrected chi connectivity index (χ4v) is 0.912. The average molecular weight is 147 g/mol. The lowest BCUT2D eigenvalue weighted by molar-refractivity contribution is -0.122. The molecule has 1 aliphatic rings. The maximum absolute atomic E-state index is 8.84. The minimum atomic E-state index is -0.250. The number of rotatable bonds is 0. The minimum absolute atomic E-state index is 0.0880. The molecule has 1 fully saturated rings. The number of carboxylic acid groups (broad SMARTS) is 1. The summed E-state index contributed by atoms with van der Waals surface area (Å²) in [6.45, 7) is 2.61. The molecule has 0 amide bonds. The van der Waals surface area contributed by atoms with E-state index in [0.717, 1.165) is 13.0 Å². The molecule has 0 spiro atoms. The third-order valence-electron chi connectivity index (χ3n) is 1.33. The summed E-state index contributed by atoms with van der Waals surface area (Å²) in [5.41, 5.74) is 0. The van der Waals surface area contributed by atoms with E-state index in [-0.39, 0.29) is 12.6 Å². The van der Waals surface area contributed by atoms with E-state index in [1.165, 1.54) is 0 Å². The Balaban J connectivity index is 0.000000236. The number of hydrogen-bond donors (Lipinski definition) is 3. The number of carbonyl (C=O) groups is 1. The average Bonchev–Trinajstić information content (AvgIpc) is 2.17. The molecule has 1 heterocycles. The Hall–Kier alpha value is -0.610. The molecule has 0 aromatic rings. The van der Waals surface area contributed by atoms with E-state index >= 15 is 0 Å². The van der Waals surface area contributed by atoms with Crippen LogP contribution in [0.15, 0.2) is 0 Å². The lowest BCUT2D eigenvalue weighted by Crippen LogP contribution is -2.17. The van der Waals surface area contributed by atoms with Crippen molar-refractivity contribution in [3.05, 3.63) is 0 Å². The zero-order chi connectivity index (χ0) is 7.98. The van der Waals surface area contributed by atoms with Crippen molar-refractivity contribution < 1.29 is 15.0 Å². The van der Waals surface area contributed by atoms with Crippen molar-refractivity contribution in [2.45, 2.75) is 25.5 Å². The monoisotopic (exact) mass is 147 g/mol. The van der Waals surface area contributed by atoms with Gasteiger partial charge in [0.05, 0.1) is 6.10 Å². The predicted octanol–water partition coefficient (Wildman–Crippen LogP) is -0.570. The fraction of sp³-hybridized carbons (Fsp3) is 0.833. The fourth-order valence-electron chi connectivity index (χ4n) is 0.912. The molecule has 1 rings (SSSR count). The Morgan fingerprint density at radius 1 is 1.70 bits per heavy atom. The molecule has 4 nitrogen and oxygen atoms in total. The molecule has 1 aliphatic heterocycles. The maximum atomic E-state index is 8.84. The summed E-state index contributed by atoms with van der Waals surface area (Å²) in [4.78, 5) is 8.36. The first-order chi connectivity index (χ1) is 4.70. The van der Waals surface area contributed by atoms with Crippen molar-refractivity contribution >= 4 is 6.47 Å². The van der Waals surface area contributed by atoms with Gasteiger partial charge in [0.2, 0.25) is 0 Å². The van der Waals surface area contributed by atoms with Crippen LogP contribution in [0, 0.1) is 0 Å². The summed E-state index contributed by atoms with van der Waals surface area (Å²) in [5.74, 6) is 0. The van der Waals surface area contributed by atoms with Gasteiger partial charge in [-0.2, -0.15) is 0 Å². The highest BCUT2D eigenvalue weighted by Crippen LogP contribution is 2.03. The van der Waals surface area contributed by atoms with Crippen LogP contribution < -0.4 is 5.32 Å². The first-order valence-electron chi connectivity index (χ1n) is 3.20. The minimum Gasteiger partial charge on any atom is -0.483 e. The predicted molar refractivity (Wildman–Crippen MR) is 36.8 cm³/mol. The van der Waals surface area contributed by atoms with Crippen LogP contribution in [0.2, 0.25) is 0 Å². The van der Waals surface area contributed by atoms with Crippen LogP contribution in [-0.4, -0.2) is 35.4 Å². The van der Waals surface area contributed by atoms with Crippen molar-refractivity contribution in [3.63, 3.8) is 0 Å². The zero-order valence-electron chi connectivity index (χ0n) is 5.95. The second kappa shape index (κ2) is 5.20. The smallest absolute Gasteiger partial charge is 0.290 e. The van der Waals surface area contributed by atoms with Gasteiger partial charge in [-0.3, -0.25) is 4.79 Å². The van der Waals surface area contributed by atoms with Crippen LogP contribution in [0.25, 0.3) is 0 Å². The van der Waals surface area contributed by atoms with Crippen molar-refractivity contribution in [1.82, 2.24) is 5.32 Å². The van der Waals surface area contributed by atoms with Crippen LogP contribution in [0.3, 0.4) is 0 Å². The van der Waals surface area contributed by atoms with Crippen LogP contribution >= 0.6 is 0 Å². The van der Waals surface area contributed by atoms with Gasteiger partial charge in [-0.1, -0.05) is 0 Å². The van der Waals surface area contributed by atoms with Crippen LogP contribution in [0.4, 0.5) is 0 Å². The van der Waals surface area contributed by atoms with Crippen LogP contribution in [0.1, 0.15) is 13.3 Å². The first-order valence-corrected chi connectivity index (χ1v) is 3.20. The highest BCUT2D eigenvalue weighted by molar-refractivity contribution is 5.32. The number of nitrogens with one attached hydrogen (secondary N) is 1. The molecular formula is C6H13NO3. The summed E-state index contributed by atoms with van der Waals surface area (Å²) >= 11 is 0. The molecule has 10 heavy (non-hydrogen) atoms. The Bertz CT molecular complexity index is 89.0. The van der Waals surface area contributed by atoms with Crippen molar-refractivity contribution in [3.8, 4) is 0 Å². The second-order valence-electron chi connectivity index (χ2n) is 2.30. The Morgan fingerprint density at radius 2 is 2.20 bits per heavy atom. The molecule has 0 aromatic carbocycles. The summed E-state index contributed by atoms with van der Waals surface area (Å²) < 4.78 is 0. The topological polar surface area (TPSA) is 69.6 Å². The second-order valence-corrected chi connectivity index (χ2v) is 2.30. The Labute approximate surface area is 59.9 Å². The van der Waals surface area contributed by atoms with Gasteiger partial charge in [-0.25, -0.2) is 0 Å². The number of aliphatic hydroxyl groups excluding tert-OH is 1. The molecule has 0 aromatic heterocycles. The van der Waals surface area contributed by atoms with Crippen molar-refractivity contribution in [2.24, 2.45) is 0 Å². The van der Waals surface area contributed by atoms with Gasteiger partial charge in [0.15, 0.2) is 0 Å². The van der Waals surface area contributed by atoms with Gasteiger partial charge in [0.1, 0.15) is 0 Å². The molecule has 3 N–H and O–H groups in total. The summed E-state index contributed by atoms with van der Waals surface area (Å²) in [7, 11) is 0. The van der Waals surface area contributed by atoms with Gasteiger partial charge in [-0.15, -0.1) is 0 Å². The third-order valence-corrected chi connectivity index (χ3v) is 1.33. The van der Waals surface area contributed by atoms with E-state index in [2.05, 4.69) is 12.2 Å². The largest absolute Gasteiger partial charge is 0.483 e. The molecule has 4 heteroatoms. The highest BCUT2D eigenvalue weighted by atomic mass is 16.3. The molecule has 60 valence electrons. The Kier molecular flexibility index (Phi) is 4.88. The summed E-state index contributed by atoms with van der Waals surface area (Å²) in [5, 5.41) is 18.8. The highest BCUT2D eigenvalue weighted by Gasteiger charge is 2.16. The van der Waals surface area contributed by atoms with Gasteiger partial charge in [-0.05, 0) is 13.3 Å². The molecule has 0 bridgehead atoms. The van der Waals surface area contributed by atoms with Gasteiger partial charge in [0, 0.05) is 12.6 Å². The quantitative estimate of drug-likeness (QED) is 0.401. The van der Waals surface area contributed by atoms with Crippen molar-refractivity contribution in [2.75, 3.05) is 6.54 Å². The molecule has 2 atom stereocenters. The van der Waals surface area contributed by atoms with Gasteiger partial charge >= 0.3 is 0 Å². The van der Waals surface area contributed by atoms with E-state index in [1.54, 1.807) is 0 Å². The number of hydrogen-bond acceptors (Lipinski definition) is 3. The maximum Gasteiger partial charge on any atom is 0.290 e. The number of β-amino-alcohol motifs (C(OH)–C–C–N with tert-alkyl or cyclic N) is 1. The van der Waals surface area contributed by atoms with Gasteiger partial charge < -0.3 is 15.5 Å². The molecule has 0 radical (unpaired) electrons. The molecule has 0 aliphatic carbocycles. The third kappa shape index (κ3) is 4.29. The number of aliphatic hydroxyl groups is 1. The molecule has 0 saturated carbocycles. The van der Waals surface area contributed by atoms with Crippen LogP contribution in [-0.2, 0) is 4.79 Å². The zero-order valence-corrected chi connectivity index (χ0v) is 5.95. The van der Waals surface area contributed by atoms with E-state index in [0.29, 0.717) is 6.04 Å². The van der Waals surface area contributed by atoms with E-state index < -0.39 is 0 Å². The molecular weight excluding hydrogens is 134 g/mol.